The Morgan fingerprint density at radius 3 is 1.43 bits per heavy atom. The number of hydrogen-bond acceptors (Lipinski definition) is 7. The molecule has 9 heteroatoms. The van der Waals surface area contributed by atoms with Crippen LogP contribution in [0, 0.1) is 0 Å². The van der Waals surface area contributed by atoms with E-state index < -0.39 is 10.1 Å². The van der Waals surface area contributed by atoms with E-state index in [0.29, 0.717) is 78.9 Å². The van der Waals surface area contributed by atoms with Gasteiger partial charge in [-0.05, 0) is 19.8 Å². The predicted octanol–water partition coefficient (Wildman–Crippen LogP) is 0.757. The minimum Gasteiger partial charge on any atom is -0.379 e. The topological polar surface area (TPSA) is 101 Å². The number of hydrogen-bond donors (Lipinski definition) is 1. The van der Waals surface area contributed by atoms with Crippen molar-refractivity contribution in [2.24, 2.45) is 0 Å². The van der Waals surface area contributed by atoms with Crippen molar-refractivity contribution >= 4 is 10.1 Å². The Morgan fingerprint density at radius 2 is 1.04 bits per heavy atom. The van der Waals surface area contributed by atoms with E-state index in [0.717, 1.165) is 0 Å². The average Bonchev–Trinajstić information content (AvgIpc) is 2.49. The predicted molar refractivity (Wildman–Crippen MR) is 85.4 cm³/mol. The van der Waals surface area contributed by atoms with Gasteiger partial charge in [0.05, 0.1) is 58.6 Å². The lowest BCUT2D eigenvalue weighted by Gasteiger charge is -2.07. The summed E-state index contributed by atoms with van der Waals surface area (Å²) in [5.74, 6) is -0.223. The average molecular weight is 358 g/mol. The van der Waals surface area contributed by atoms with Crippen LogP contribution in [0.25, 0.3) is 0 Å². The first-order valence-electron chi connectivity index (χ1n) is 7.90. The molecule has 1 N–H and O–H groups in total. The van der Waals surface area contributed by atoms with Crippen molar-refractivity contribution in [1.29, 1.82) is 0 Å². The number of unbranched alkanes of at least 4 members (excludes halogenated alkanes) is 1. The van der Waals surface area contributed by atoms with Crippen LogP contribution in [-0.2, 0) is 33.8 Å². The zero-order valence-electron chi connectivity index (χ0n) is 13.9. The van der Waals surface area contributed by atoms with E-state index in [1.807, 2.05) is 6.92 Å². The Kier molecular flexibility index (Phi) is 16.4. The van der Waals surface area contributed by atoms with E-state index in [-0.39, 0.29) is 5.75 Å². The smallest absolute Gasteiger partial charge is 0.264 e. The molecular formula is C14H30O8S. The van der Waals surface area contributed by atoms with Crippen LogP contribution < -0.4 is 0 Å². The van der Waals surface area contributed by atoms with Crippen molar-refractivity contribution in [3.05, 3.63) is 0 Å². The van der Waals surface area contributed by atoms with Crippen molar-refractivity contribution in [3.8, 4) is 0 Å². The molecule has 0 aromatic heterocycles. The van der Waals surface area contributed by atoms with Gasteiger partial charge in [-0.1, -0.05) is 0 Å². The maximum atomic E-state index is 10.5. The van der Waals surface area contributed by atoms with Gasteiger partial charge in [-0.3, -0.25) is 4.55 Å². The highest BCUT2D eigenvalue weighted by Gasteiger charge is 2.02. The maximum absolute atomic E-state index is 10.5. The van der Waals surface area contributed by atoms with Crippen LogP contribution in [-0.4, -0.2) is 84.8 Å². The molecule has 0 aliphatic carbocycles. The van der Waals surface area contributed by atoms with Crippen LogP contribution >= 0.6 is 0 Å². The van der Waals surface area contributed by atoms with Crippen molar-refractivity contribution in [1.82, 2.24) is 0 Å². The Balaban J connectivity index is 3.03. The molecule has 0 amide bonds. The summed E-state index contributed by atoms with van der Waals surface area (Å²) in [6.07, 6.45) is 0.979. The third-order valence-corrected chi connectivity index (χ3v) is 3.44. The van der Waals surface area contributed by atoms with Gasteiger partial charge >= 0.3 is 0 Å². The molecule has 0 aliphatic heterocycles. The van der Waals surface area contributed by atoms with Crippen molar-refractivity contribution in [2.45, 2.75) is 19.8 Å². The molecule has 0 rings (SSSR count). The Hall–Kier alpha value is -0.290. The van der Waals surface area contributed by atoms with Crippen LogP contribution in [0.2, 0.25) is 0 Å². The van der Waals surface area contributed by atoms with Gasteiger partial charge in [0.15, 0.2) is 0 Å². The van der Waals surface area contributed by atoms with E-state index >= 15 is 0 Å². The molecule has 0 saturated carbocycles. The second-order valence-electron chi connectivity index (χ2n) is 4.64. The highest BCUT2D eigenvalue weighted by molar-refractivity contribution is 7.85. The molecule has 0 saturated heterocycles. The first-order valence-corrected chi connectivity index (χ1v) is 9.51. The zero-order valence-corrected chi connectivity index (χ0v) is 14.7. The van der Waals surface area contributed by atoms with Gasteiger partial charge in [0.2, 0.25) is 0 Å². The van der Waals surface area contributed by atoms with Crippen LogP contribution in [0.15, 0.2) is 0 Å². The fourth-order valence-electron chi connectivity index (χ4n) is 1.51. The fraction of sp³-hybridized carbons (Fsp3) is 1.00. The molecule has 0 aromatic carbocycles. The maximum Gasteiger partial charge on any atom is 0.264 e. The molecule has 0 heterocycles. The largest absolute Gasteiger partial charge is 0.379 e. The van der Waals surface area contributed by atoms with Crippen molar-refractivity contribution < 1.29 is 36.7 Å². The molecule has 8 nitrogen and oxygen atoms in total. The van der Waals surface area contributed by atoms with Crippen molar-refractivity contribution in [3.63, 3.8) is 0 Å². The molecule has 0 bridgehead atoms. The summed E-state index contributed by atoms with van der Waals surface area (Å²) in [5.41, 5.74) is 0. The normalized spacial score (nSPS) is 11.9. The zero-order chi connectivity index (χ0) is 17.2. The van der Waals surface area contributed by atoms with Crippen molar-refractivity contribution in [2.75, 3.05) is 71.8 Å². The Labute approximate surface area is 139 Å². The lowest BCUT2D eigenvalue weighted by atomic mass is 10.4. The van der Waals surface area contributed by atoms with E-state index in [4.69, 9.17) is 28.2 Å². The van der Waals surface area contributed by atoms with E-state index in [9.17, 15) is 8.42 Å². The SMILES string of the molecule is CCOCCOCCOCCOCCOCCCCS(=O)(=O)O. The monoisotopic (exact) mass is 358 g/mol. The van der Waals surface area contributed by atoms with Crippen LogP contribution in [0.1, 0.15) is 19.8 Å². The minimum atomic E-state index is -3.85. The van der Waals surface area contributed by atoms with Gasteiger partial charge in [0.25, 0.3) is 10.1 Å². The second-order valence-corrected chi connectivity index (χ2v) is 6.21. The standard InChI is InChI=1S/C14H30O8S/c1-2-18-6-7-20-10-11-22-13-12-21-9-8-19-5-3-4-14-23(15,16)17/h2-14H2,1H3,(H,15,16,17). The van der Waals surface area contributed by atoms with Gasteiger partial charge in [-0.2, -0.15) is 8.42 Å². The number of ether oxygens (including phenoxy) is 5. The first-order chi connectivity index (χ1) is 11.1. The second kappa shape index (κ2) is 16.6. The summed E-state index contributed by atoms with van der Waals surface area (Å²) < 4.78 is 55.8. The van der Waals surface area contributed by atoms with Gasteiger partial charge in [-0.15, -0.1) is 0 Å². The van der Waals surface area contributed by atoms with Gasteiger partial charge in [-0.25, -0.2) is 0 Å². The molecule has 23 heavy (non-hydrogen) atoms. The molecule has 0 aromatic rings. The quantitative estimate of drug-likeness (QED) is 0.283. The molecule has 0 atom stereocenters. The summed E-state index contributed by atoms with van der Waals surface area (Å²) >= 11 is 0. The summed E-state index contributed by atoms with van der Waals surface area (Å²) in [7, 11) is -3.85. The fourth-order valence-corrected chi connectivity index (χ4v) is 2.08. The summed E-state index contributed by atoms with van der Waals surface area (Å²) in [5, 5.41) is 0. The van der Waals surface area contributed by atoms with E-state index in [1.165, 1.54) is 0 Å². The summed E-state index contributed by atoms with van der Waals surface area (Å²) in [4.78, 5) is 0. The van der Waals surface area contributed by atoms with E-state index in [1.54, 1.807) is 0 Å². The third-order valence-electron chi connectivity index (χ3n) is 2.63. The minimum absolute atomic E-state index is 0.223. The molecule has 0 radical (unpaired) electrons. The highest BCUT2D eigenvalue weighted by Crippen LogP contribution is 1.94. The number of rotatable bonds is 18. The summed E-state index contributed by atoms with van der Waals surface area (Å²) in [6, 6.07) is 0. The van der Waals surface area contributed by atoms with Crippen LogP contribution in [0.5, 0.6) is 0 Å². The highest BCUT2D eigenvalue weighted by atomic mass is 32.2. The lowest BCUT2D eigenvalue weighted by Crippen LogP contribution is -2.13. The molecule has 0 unspecified atom stereocenters. The Morgan fingerprint density at radius 1 is 0.652 bits per heavy atom. The van der Waals surface area contributed by atoms with Crippen LogP contribution in [0.3, 0.4) is 0 Å². The molecular weight excluding hydrogens is 328 g/mol. The summed E-state index contributed by atoms with van der Waals surface area (Å²) in [6.45, 7) is 7.26. The lowest BCUT2D eigenvalue weighted by molar-refractivity contribution is -0.0103. The van der Waals surface area contributed by atoms with E-state index in [2.05, 4.69) is 0 Å². The first kappa shape index (κ1) is 22.7. The molecule has 140 valence electrons. The van der Waals surface area contributed by atoms with Gasteiger partial charge < -0.3 is 23.7 Å². The Bertz CT molecular complexity index is 334. The van der Waals surface area contributed by atoms with Gasteiger partial charge in [0, 0.05) is 13.2 Å². The molecule has 0 aliphatic rings. The van der Waals surface area contributed by atoms with Crippen LogP contribution in [0.4, 0.5) is 0 Å². The van der Waals surface area contributed by atoms with Gasteiger partial charge in [0.1, 0.15) is 0 Å². The molecule has 0 spiro atoms. The molecule has 0 fully saturated rings. The third kappa shape index (κ3) is 21.7.